The van der Waals surface area contributed by atoms with Gasteiger partial charge in [-0.25, -0.2) is 4.98 Å². The minimum Gasteiger partial charge on any atom is -0.497 e. The first-order chi connectivity index (χ1) is 15.0. The average Bonchev–Trinajstić information content (AvgIpc) is 3.27. The van der Waals surface area contributed by atoms with Crippen LogP contribution in [0.15, 0.2) is 59.4 Å². The van der Waals surface area contributed by atoms with Gasteiger partial charge >= 0.3 is 0 Å². The third kappa shape index (κ3) is 4.68. The molecule has 2 aromatic carbocycles. The van der Waals surface area contributed by atoms with Crippen molar-refractivity contribution in [1.82, 2.24) is 14.9 Å². The number of nitrogens with one attached hydrogen (secondary N) is 1. The van der Waals surface area contributed by atoms with Gasteiger partial charge in [-0.1, -0.05) is 42.5 Å². The molecular formula is C25H27N3O3. The number of aromatic amines is 1. The third-order valence-electron chi connectivity index (χ3n) is 5.87. The first-order valence-corrected chi connectivity index (χ1v) is 10.6. The van der Waals surface area contributed by atoms with Crippen LogP contribution in [0.2, 0.25) is 0 Å². The van der Waals surface area contributed by atoms with Gasteiger partial charge in [-0.05, 0) is 43.0 Å². The van der Waals surface area contributed by atoms with Crippen molar-refractivity contribution in [3.05, 3.63) is 93.2 Å². The topological polar surface area (TPSA) is 75.3 Å². The number of rotatable bonds is 6. The molecule has 1 aliphatic heterocycles. The van der Waals surface area contributed by atoms with Gasteiger partial charge in [-0.2, -0.15) is 0 Å². The number of carbonyl (C=O) groups excluding carboxylic acids is 1. The van der Waals surface area contributed by atoms with Crippen LogP contribution >= 0.6 is 0 Å². The SMILES string of the molecule is COc1ccc(CC(=O)N2CCCC2c2nc(C)c(Cc3ccccc3)c(=O)[nH]2)cc1. The summed E-state index contributed by atoms with van der Waals surface area (Å²) in [5.41, 5.74) is 3.28. The first-order valence-electron chi connectivity index (χ1n) is 10.6. The average molecular weight is 418 g/mol. The number of amides is 1. The number of hydrogen-bond donors (Lipinski definition) is 1. The van der Waals surface area contributed by atoms with Crippen molar-refractivity contribution in [2.45, 2.75) is 38.6 Å². The highest BCUT2D eigenvalue weighted by Gasteiger charge is 2.32. The van der Waals surface area contributed by atoms with Gasteiger partial charge < -0.3 is 14.6 Å². The highest BCUT2D eigenvalue weighted by Crippen LogP contribution is 2.30. The van der Waals surface area contributed by atoms with Crippen LogP contribution in [0.5, 0.6) is 5.75 Å². The molecule has 0 aliphatic carbocycles. The van der Waals surface area contributed by atoms with Gasteiger partial charge in [0, 0.05) is 24.2 Å². The number of carbonyl (C=O) groups is 1. The minimum absolute atomic E-state index is 0.0429. The smallest absolute Gasteiger partial charge is 0.254 e. The maximum Gasteiger partial charge on any atom is 0.254 e. The van der Waals surface area contributed by atoms with Crippen molar-refractivity contribution in [3.8, 4) is 5.75 Å². The molecule has 6 nitrogen and oxygen atoms in total. The summed E-state index contributed by atoms with van der Waals surface area (Å²) in [6.07, 6.45) is 2.55. The van der Waals surface area contributed by atoms with Crippen LogP contribution in [0.1, 0.15) is 47.1 Å². The number of ether oxygens (including phenoxy) is 1. The zero-order chi connectivity index (χ0) is 21.8. The molecule has 6 heteroatoms. The summed E-state index contributed by atoms with van der Waals surface area (Å²) in [7, 11) is 1.62. The van der Waals surface area contributed by atoms with E-state index in [-0.39, 0.29) is 17.5 Å². The monoisotopic (exact) mass is 417 g/mol. The lowest BCUT2D eigenvalue weighted by Gasteiger charge is -2.24. The molecular weight excluding hydrogens is 390 g/mol. The molecule has 1 atom stereocenters. The number of aryl methyl sites for hydroxylation is 1. The Morgan fingerprint density at radius 2 is 1.87 bits per heavy atom. The normalized spacial score (nSPS) is 15.8. The van der Waals surface area contributed by atoms with Crippen LogP contribution in [0, 0.1) is 6.92 Å². The van der Waals surface area contributed by atoms with Crippen molar-refractivity contribution in [3.63, 3.8) is 0 Å². The Hall–Kier alpha value is -3.41. The fourth-order valence-electron chi connectivity index (χ4n) is 4.17. The highest BCUT2D eigenvalue weighted by molar-refractivity contribution is 5.79. The molecule has 4 rings (SSSR count). The number of likely N-dealkylation sites (tertiary alicyclic amines) is 1. The third-order valence-corrected chi connectivity index (χ3v) is 5.87. The fraction of sp³-hybridized carbons (Fsp3) is 0.320. The molecule has 0 radical (unpaired) electrons. The summed E-state index contributed by atoms with van der Waals surface area (Å²) in [6, 6.07) is 17.2. The molecule has 1 unspecified atom stereocenters. The Balaban J connectivity index is 1.52. The molecule has 1 amide bonds. The van der Waals surface area contributed by atoms with E-state index in [0.29, 0.717) is 30.8 Å². The predicted molar refractivity (Wildman–Crippen MR) is 119 cm³/mol. The number of aromatic nitrogens is 2. The molecule has 31 heavy (non-hydrogen) atoms. The summed E-state index contributed by atoms with van der Waals surface area (Å²) in [5.74, 6) is 1.39. The summed E-state index contributed by atoms with van der Waals surface area (Å²) >= 11 is 0. The number of benzene rings is 2. The van der Waals surface area contributed by atoms with Crippen LogP contribution < -0.4 is 10.3 Å². The quantitative estimate of drug-likeness (QED) is 0.665. The molecule has 0 saturated carbocycles. The van der Waals surface area contributed by atoms with Gasteiger partial charge in [0.1, 0.15) is 11.6 Å². The van der Waals surface area contributed by atoms with Crippen molar-refractivity contribution < 1.29 is 9.53 Å². The molecule has 1 saturated heterocycles. The van der Waals surface area contributed by atoms with Gasteiger partial charge in [-0.15, -0.1) is 0 Å². The van der Waals surface area contributed by atoms with Gasteiger partial charge in [0.25, 0.3) is 5.56 Å². The standard InChI is InChI=1S/C25H27N3O3/c1-17-21(15-18-7-4-3-5-8-18)25(30)27-24(26-17)22-9-6-14-28(22)23(29)16-19-10-12-20(31-2)13-11-19/h3-5,7-8,10-13,22H,6,9,14-16H2,1-2H3,(H,26,27,30). The molecule has 1 fully saturated rings. The van der Waals surface area contributed by atoms with Gasteiger partial charge in [0.15, 0.2) is 0 Å². The summed E-state index contributed by atoms with van der Waals surface area (Å²) in [6.45, 7) is 2.55. The van der Waals surface area contributed by atoms with Crippen LogP contribution in [-0.2, 0) is 17.6 Å². The van der Waals surface area contributed by atoms with E-state index in [9.17, 15) is 9.59 Å². The Morgan fingerprint density at radius 1 is 1.13 bits per heavy atom. The van der Waals surface area contributed by atoms with Crippen molar-refractivity contribution >= 4 is 5.91 Å². The Morgan fingerprint density at radius 3 is 2.55 bits per heavy atom. The second-order valence-electron chi connectivity index (χ2n) is 7.95. The second kappa shape index (κ2) is 9.16. The van der Waals surface area contributed by atoms with Crippen LogP contribution in [0.4, 0.5) is 0 Å². The summed E-state index contributed by atoms with van der Waals surface area (Å²) < 4.78 is 5.18. The lowest BCUT2D eigenvalue weighted by molar-refractivity contribution is -0.131. The van der Waals surface area contributed by atoms with E-state index in [2.05, 4.69) is 4.98 Å². The number of methoxy groups -OCH3 is 1. The van der Waals surface area contributed by atoms with Crippen molar-refractivity contribution in [2.24, 2.45) is 0 Å². The van der Waals surface area contributed by atoms with Gasteiger partial charge in [0.05, 0.1) is 19.6 Å². The molecule has 2 heterocycles. The summed E-state index contributed by atoms with van der Waals surface area (Å²) in [5, 5.41) is 0. The molecule has 3 aromatic rings. The Kier molecular flexibility index (Phi) is 6.16. The molecule has 160 valence electrons. The van der Waals surface area contributed by atoms with Gasteiger partial charge in [0.2, 0.25) is 5.91 Å². The van der Waals surface area contributed by atoms with E-state index in [1.54, 1.807) is 7.11 Å². The van der Waals surface area contributed by atoms with Crippen molar-refractivity contribution in [1.29, 1.82) is 0 Å². The molecule has 0 bridgehead atoms. The fourth-order valence-corrected chi connectivity index (χ4v) is 4.17. The molecule has 1 aliphatic rings. The van der Waals surface area contributed by atoms with Gasteiger partial charge in [-0.3, -0.25) is 9.59 Å². The van der Waals surface area contributed by atoms with E-state index in [4.69, 9.17) is 9.72 Å². The second-order valence-corrected chi connectivity index (χ2v) is 7.95. The lowest BCUT2D eigenvalue weighted by Crippen LogP contribution is -2.34. The van der Waals surface area contributed by atoms with Crippen molar-refractivity contribution in [2.75, 3.05) is 13.7 Å². The molecule has 1 N–H and O–H groups in total. The van der Waals surface area contributed by atoms with Crippen LogP contribution in [-0.4, -0.2) is 34.4 Å². The number of nitrogens with zero attached hydrogens (tertiary/aromatic N) is 2. The Bertz CT molecular complexity index is 1110. The maximum absolute atomic E-state index is 13.0. The van der Waals surface area contributed by atoms with Crippen LogP contribution in [0.25, 0.3) is 0 Å². The van der Waals surface area contributed by atoms with E-state index in [1.807, 2.05) is 66.4 Å². The molecule has 0 spiro atoms. The predicted octanol–water partition coefficient (Wildman–Crippen LogP) is 3.58. The van der Waals surface area contributed by atoms with Crippen LogP contribution in [0.3, 0.4) is 0 Å². The zero-order valence-electron chi connectivity index (χ0n) is 17.9. The van der Waals surface area contributed by atoms with E-state index in [0.717, 1.165) is 35.4 Å². The Labute approximate surface area is 181 Å². The zero-order valence-corrected chi connectivity index (χ0v) is 17.9. The van der Waals surface area contributed by atoms with E-state index < -0.39 is 0 Å². The first kappa shape index (κ1) is 20.8. The summed E-state index contributed by atoms with van der Waals surface area (Å²) in [4.78, 5) is 35.4. The molecule has 1 aromatic heterocycles. The highest BCUT2D eigenvalue weighted by atomic mass is 16.5. The van der Waals surface area contributed by atoms with E-state index in [1.165, 1.54) is 0 Å². The van der Waals surface area contributed by atoms with E-state index >= 15 is 0 Å². The largest absolute Gasteiger partial charge is 0.497 e. The lowest BCUT2D eigenvalue weighted by atomic mass is 10.0. The number of H-pyrrole nitrogens is 1. The minimum atomic E-state index is -0.192. The maximum atomic E-state index is 13.0. The number of hydrogen-bond acceptors (Lipinski definition) is 4.